The molecule has 0 amide bonds. The van der Waals surface area contributed by atoms with Gasteiger partial charge in [0.2, 0.25) is 0 Å². The summed E-state index contributed by atoms with van der Waals surface area (Å²) in [6, 6.07) is 14.2. The minimum atomic E-state index is -0.0476. The van der Waals surface area contributed by atoms with Crippen LogP contribution in [0.4, 0.5) is 0 Å². The minimum absolute atomic E-state index is 0.0476. The third kappa shape index (κ3) is 3.14. The van der Waals surface area contributed by atoms with Crippen LogP contribution in [0.5, 0.6) is 0 Å². The first-order valence-corrected chi connectivity index (χ1v) is 10.1. The van der Waals surface area contributed by atoms with Crippen LogP contribution in [-0.4, -0.2) is 43.7 Å². The number of likely N-dealkylation sites (tertiary alicyclic amines) is 1. The van der Waals surface area contributed by atoms with Gasteiger partial charge in [0.1, 0.15) is 0 Å². The Balaban J connectivity index is 1.16. The van der Waals surface area contributed by atoms with Crippen molar-refractivity contribution in [3.8, 4) is 0 Å². The molecule has 0 atom stereocenters. The van der Waals surface area contributed by atoms with Crippen LogP contribution in [0.1, 0.15) is 30.7 Å². The van der Waals surface area contributed by atoms with Gasteiger partial charge >= 0.3 is 5.69 Å². The number of fused-ring (bicyclic) bond motifs is 2. The Morgan fingerprint density at radius 3 is 2.71 bits per heavy atom. The van der Waals surface area contributed by atoms with Crippen LogP contribution in [0.2, 0.25) is 0 Å². The number of piperidine rings is 1. The highest BCUT2D eigenvalue weighted by molar-refractivity contribution is 5.83. The molecule has 1 N–H and O–H groups in total. The Hall–Kier alpha value is -2.86. The highest BCUT2D eigenvalue weighted by Crippen LogP contribution is 2.33. The van der Waals surface area contributed by atoms with Gasteiger partial charge in [-0.1, -0.05) is 24.3 Å². The van der Waals surface area contributed by atoms with Crippen LogP contribution in [0.15, 0.2) is 59.7 Å². The van der Waals surface area contributed by atoms with E-state index in [1.807, 2.05) is 18.2 Å². The van der Waals surface area contributed by atoms with Crippen LogP contribution >= 0.6 is 0 Å². The number of rotatable bonds is 5. The average Bonchev–Trinajstić information content (AvgIpc) is 3.31. The third-order valence-corrected chi connectivity index (χ3v) is 5.98. The van der Waals surface area contributed by atoms with E-state index in [-0.39, 0.29) is 5.69 Å². The molecule has 5 rings (SSSR count). The molecule has 3 aromatic heterocycles. The van der Waals surface area contributed by atoms with Gasteiger partial charge in [-0.2, -0.15) is 0 Å². The van der Waals surface area contributed by atoms with Gasteiger partial charge in [0, 0.05) is 29.8 Å². The zero-order valence-corrected chi connectivity index (χ0v) is 15.9. The maximum absolute atomic E-state index is 12.3. The van der Waals surface area contributed by atoms with Crippen molar-refractivity contribution in [3.63, 3.8) is 0 Å². The smallest absolute Gasteiger partial charge is 0.350 e. The molecular formula is C22H25N5O. The Morgan fingerprint density at radius 2 is 1.86 bits per heavy atom. The lowest BCUT2D eigenvalue weighted by Gasteiger charge is -2.31. The topological polar surface area (TPSA) is 58.3 Å². The van der Waals surface area contributed by atoms with Crippen molar-refractivity contribution in [2.75, 3.05) is 19.6 Å². The Morgan fingerprint density at radius 1 is 1.04 bits per heavy atom. The highest BCUT2D eigenvalue weighted by Gasteiger charge is 2.22. The third-order valence-electron chi connectivity index (χ3n) is 5.98. The maximum atomic E-state index is 12.3. The van der Waals surface area contributed by atoms with Crippen LogP contribution in [0.3, 0.4) is 0 Å². The largest absolute Gasteiger partial charge is 0.361 e. The first-order valence-electron chi connectivity index (χ1n) is 10.1. The van der Waals surface area contributed by atoms with Gasteiger partial charge in [-0.3, -0.25) is 4.40 Å². The van der Waals surface area contributed by atoms with E-state index in [4.69, 9.17) is 0 Å². The summed E-state index contributed by atoms with van der Waals surface area (Å²) in [5, 5.41) is 5.78. The molecule has 144 valence electrons. The second-order valence-corrected chi connectivity index (χ2v) is 7.69. The molecule has 0 aliphatic carbocycles. The molecule has 0 radical (unpaired) electrons. The summed E-state index contributed by atoms with van der Waals surface area (Å²) >= 11 is 0. The number of aromatic amines is 1. The lowest BCUT2D eigenvalue weighted by atomic mass is 9.89. The Bertz CT molecular complexity index is 1150. The molecule has 6 nitrogen and oxygen atoms in total. The number of H-pyrrole nitrogens is 1. The lowest BCUT2D eigenvalue weighted by molar-refractivity contribution is 0.206. The van der Waals surface area contributed by atoms with Gasteiger partial charge in [-0.15, -0.1) is 5.10 Å². The van der Waals surface area contributed by atoms with E-state index in [0.717, 1.165) is 26.1 Å². The fourth-order valence-electron chi connectivity index (χ4n) is 4.46. The summed E-state index contributed by atoms with van der Waals surface area (Å²) in [5.74, 6) is 0.633. The first-order chi connectivity index (χ1) is 13.8. The van der Waals surface area contributed by atoms with Gasteiger partial charge < -0.3 is 9.88 Å². The molecule has 1 fully saturated rings. The van der Waals surface area contributed by atoms with Gasteiger partial charge in [-0.25, -0.2) is 9.48 Å². The maximum Gasteiger partial charge on any atom is 0.350 e. The first kappa shape index (κ1) is 17.3. The van der Waals surface area contributed by atoms with Gasteiger partial charge in [0.05, 0.1) is 0 Å². The van der Waals surface area contributed by atoms with Crippen LogP contribution in [0, 0.1) is 0 Å². The number of hydrogen-bond donors (Lipinski definition) is 1. The standard InChI is InChI=1S/C22H25N5O/c28-22-26-12-4-3-8-21(26)24-27(22)13-5-11-25-14-9-17(10-15-25)19-16-23-20-7-2-1-6-18(19)20/h1-4,6-8,12,16-17,23H,5,9-11,13-15H2. The number of nitrogens with zero attached hydrogens (tertiary/aromatic N) is 4. The number of benzene rings is 1. The quantitative estimate of drug-likeness (QED) is 0.583. The molecule has 0 bridgehead atoms. The predicted molar refractivity (Wildman–Crippen MR) is 111 cm³/mol. The van der Waals surface area contributed by atoms with Crippen molar-refractivity contribution in [1.29, 1.82) is 0 Å². The molecular weight excluding hydrogens is 350 g/mol. The van der Waals surface area contributed by atoms with Crippen molar-refractivity contribution in [3.05, 3.63) is 70.9 Å². The zero-order chi connectivity index (χ0) is 18.9. The fourth-order valence-corrected chi connectivity index (χ4v) is 4.46. The van der Waals surface area contributed by atoms with Crippen molar-refractivity contribution < 1.29 is 0 Å². The van der Waals surface area contributed by atoms with Crippen molar-refractivity contribution in [2.45, 2.75) is 31.7 Å². The number of para-hydroxylation sites is 1. The molecule has 1 aliphatic heterocycles. The molecule has 0 unspecified atom stereocenters. The van der Waals surface area contributed by atoms with Crippen LogP contribution in [-0.2, 0) is 6.54 Å². The summed E-state index contributed by atoms with van der Waals surface area (Å²) in [7, 11) is 0. The second-order valence-electron chi connectivity index (χ2n) is 7.69. The number of nitrogens with one attached hydrogen (secondary N) is 1. The van der Waals surface area contributed by atoms with Gasteiger partial charge in [-0.05, 0) is 68.6 Å². The highest BCUT2D eigenvalue weighted by atomic mass is 16.2. The van der Waals surface area contributed by atoms with Crippen molar-refractivity contribution in [1.82, 2.24) is 24.1 Å². The monoisotopic (exact) mass is 375 g/mol. The van der Waals surface area contributed by atoms with Crippen LogP contribution < -0.4 is 5.69 Å². The lowest BCUT2D eigenvalue weighted by Crippen LogP contribution is -2.34. The molecule has 1 aliphatic rings. The van der Waals surface area contributed by atoms with E-state index in [1.165, 1.54) is 29.3 Å². The molecule has 4 aromatic rings. The van der Waals surface area contributed by atoms with E-state index in [2.05, 4.69) is 45.4 Å². The molecule has 0 spiro atoms. The van der Waals surface area contributed by atoms with E-state index < -0.39 is 0 Å². The predicted octanol–water partition coefficient (Wildman–Crippen LogP) is 3.25. The molecule has 0 saturated carbocycles. The molecule has 6 heteroatoms. The summed E-state index contributed by atoms with van der Waals surface area (Å²) in [6.07, 6.45) is 7.30. The van der Waals surface area contributed by atoms with Crippen molar-refractivity contribution in [2.24, 2.45) is 0 Å². The van der Waals surface area contributed by atoms with E-state index in [0.29, 0.717) is 18.1 Å². The van der Waals surface area contributed by atoms with Crippen LogP contribution in [0.25, 0.3) is 16.6 Å². The fraction of sp³-hybridized carbons (Fsp3) is 0.364. The summed E-state index contributed by atoms with van der Waals surface area (Å²) in [6.45, 7) is 3.91. The zero-order valence-electron chi connectivity index (χ0n) is 15.9. The number of hydrogen-bond acceptors (Lipinski definition) is 3. The molecule has 28 heavy (non-hydrogen) atoms. The number of aromatic nitrogens is 4. The normalized spacial score (nSPS) is 16.3. The Kier molecular flexibility index (Phi) is 4.49. The van der Waals surface area contributed by atoms with Crippen molar-refractivity contribution >= 4 is 16.6 Å². The summed E-state index contributed by atoms with van der Waals surface area (Å²) < 4.78 is 3.20. The minimum Gasteiger partial charge on any atom is -0.361 e. The SMILES string of the molecule is O=c1n(CCCN2CCC(c3c[nH]c4ccccc34)CC2)nc2ccccn12. The summed E-state index contributed by atoms with van der Waals surface area (Å²) in [5.41, 5.74) is 3.37. The number of aryl methyl sites for hydroxylation is 1. The summed E-state index contributed by atoms with van der Waals surface area (Å²) in [4.78, 5) is 18.3. The number of pyridine rings is 1. The Labute approximate surface area is 163 Å². The molecule has 1 saturated heterocycles. The van der Waals surface area contributed by atoms with Gasteiger partial charge in [0.15, 0.2) is 5.65 Å². The van der Waals surface area contributed by atoms with Gasteiger partial charge in [0.25, 0.3) is 0 Å². The van der Waals surface area contributed by atoms with E-state index in [9.17, 15) is 4.79 Å². The van der Waals surface area contributed by atoms with E-state index in [1.54, 1.807) is 15.3 Å². The molecule has 1 aromatic carbocycles. The molecule has 4 heterocycles. The average molecular weight is 375 g/mol. The van der Waals surface area contributed by atoms with E-state index >= 15 is 0 Å². The second kappa shape index (κ2) is 7.28.